The van der Waals surface area contributed by atoms with Crippen molar-refractivity contribution in [2.45, 2.75) is 17.7 Å². The van der Waals surface area contributed by atoms with Gasteiger partial charge in [0.05, 0.1) is 16.5 Å². The smallest absolute Gasteiger partial charge is 0.321 e. The second kappa shape index (κ2) is 10.6. The molecule has 1 atom stereocenters. The van der Waals surface area contributed by atoms with Gasteiger partial charge in [0.15, 0.2) is 0 Å². The first-order chi connectivity index (χ1) is 16.8. The summed E-state index contributed by atoms with van der Waals surface area (Å²) in [5.41, 5.74) is 1.23. The molecule has 0 aliphatic carbocycles. The van der Waals surface area contributed by atoms with Crippen LogP contribution in [0.2, 0.25) is 0 Å². The van der Waals surface area contributed by atoms with Gasteiger partial charge in [-0.1, -0.05) is 24.3 Å². The monoisotopic (exact) mass is 496 g/mol. The molecule has 10 heteroatoms. The Kier molecular flexibility index (Phi) is 7.31. The van der Waals surface area contributed by atoms with E-state index in [-0.39, 0.29) is 35.0 Å². The van der Waals surface area contributed by atoms with Gasteiger partial charge in [0.1, 0.15) is 5.82 Å². The number of piperidine rings is 1. The van der Waals surface area contributed by atoms with Crippen LogP contribution in [0.4, 0.5) is 26.2 Å². The Hall–Kier alpha value is -3.92. The van der Waals surface area contributed by atoms with Crippen molar-refractivity contribution in [1.82, 2.24) is 4.90 Å². The molecule has 1 saturated heterocycles. The molecule has 0 spiro atoms. The maximum absolute atomic E-state index is 13.3. The summed E-state index contributed by atoms with van der Waals surface area (Å²) >= 11 is 0. The lowest BCUT2D eigenvalue weighted by Crippen LogP contribution is -2.45. The summed E-state index contributed by atoms with van der Waals surface area (Å²) in [6.45, 7) is 0.849. The van der Waals surface area contributed by atoms with Gasteiger partial charge >= 0.3 is 6.03 Å². The number of benzene rings is 3. The summed E-state index contributed by atoms with van der Waals surface area (Å²) in [4.78, 5) is 27.0. The quantitative estimate of drug-likeness (QED) is 0.467. The van der Waals surface area contributed by atoms with Crippen LogP contribution in [-0.2, 0) is 14.8 Å². The van der Waals surface area contributed by atoms with E-state index in [9.17, 15) is 22.4 Å². The van der Waals surface area contributed by atoms with Gasteiger partial charge in [-0.15, -0.1) is 0 Å². The number of carbonyl (C=O) groups is 2. The summed E-state index contributed by atoms with van der Waals surface area (Å²) in [5.74, 6) is -1.18. The number of nitrogens with one attached hydrogen (secondary N) is 3. The standard InChI is InChI=1S/C25H25FN4O4S/c26-19-7-4-10-22(16-19)29-35(33,34)23-13-11-21(12-14-23)27-24(31)18-6-5-15-30(17-18)25(32)28-20-8-2-1-3-9-20/h1-4,7-14,16,18,29H,5-6,15,17H2,(H,27,31)(H,28,32). The number of rotatable bonds is 6. The van der Waals surface area contributed by atoms with Crippen molar-refractivity contribution in [2.75, 3.05) is 28.4 Å². The fraction of sp³-hybridized carbons (Fsp3) is 0.200. The third-order valence-electron chi connectivity index (χ3n) is 5.61. The molecule has 1 unspecified atom stereocenters. The second-order valence-electron chi connectivity index (χ2n) is 8.21. The van der Waals surface area contributed by atoms with Crippen LogP contribution in [0.3, 0.4) is 0 Å². The zero-order valence-electron chi connectivity index (χ0n) is 18.8. The number of hydrogen-bond donors (Lipinski definition) is 3. The number of carbonyl (C=O) groups excluding carboxylic acids is 2. The largest absolute Gasteiger partial charge is 0.326 e. The number of urea groups is 1. The molecular weight excluding hydrogens is 471 g/mol. The van der Waals surface area contributed by atoms with E-state index in [1.807, 2.05) is 18.2 Å². The lowest BCUT2D eigenvalue weighted by atomic mass is 9.97. The van der Waals surface area contributed by atoms with Gasteiger partial charge in [-0.25, -0.2) is 17.6 Å². The van der Waals surface area contributed by atoms with Gasteiger partial charge in [-0.2, -0.15) is 0 Å². The average molecular weight is 497 g/mol. The average Bonchev–Trinajstić information content (AvgIpc) is 2.85. The highest BCUT2D eigenvalue weighted by molar-refractivity contribution is 7.92. The summed E-state index contributed by atoms with van der Waals surface area (Å²) in [5, 5.41) is 5.63. The lowest BCUT2D eigenvalue weighted by Gasteiger charge is -2.32. The Morgan fingerprint density at radius 1 is 0.857 bits per heavy atom. The van der Waals surface area contributed by atoms with E-state index >= 15 is 0 Å². The molecule has 0 saturated carbocycles. The summed E-state index contributed by atoms with van der Waals surface area (Å²) in [6.07, 6.45) is 1.34. The Labute approximate surface area is 203 Å². The minimum Gasteiger partial charge on any atom is -0.326 e. The van der Waals surface area contributed by atoms with Gasteiger partial charge < -0.3 is 15.5 Å². The lowest BCUT2D eigenvalue weighted by molar-refractivity contribution is -0.121. The van der Waals surface area contributed by atoms with Crippen LogP contribution < -0.4 is 15.4 Å². The van der Waals surface area contributed by atoms with Crippen molar-refractivity contribution in [1.29, 1.82) is 0 Å². The van der Waals surface area contributed by atoms with Crippen molar-refractivity contribution in [2.24, 2.45) is 5.92 Å². The molecule has 0 bridgehead atoms. The molecule has 1 aliphatic rings. The Balaban J connectivity index is 1.35. The SMILES string of the molecule is O=C(Nc1ccc(S(=O)(=O)Nc2cccc(F)c2)cc1)C1CCCN(C(=O)Nc2ccccc2)C1. The van der Waals surface area contributed by atoms with Gasteiger partial charge in [-0.3, -0.25) is 9.52 Å². The van der Waals surface area contributed by atoms with Crippen LogP contribution in [0.5, 0.6) is 0 Å². The summed E-state index contributed by atoms with van der Waals surface area (Å²) in [6, 6.07) is 19.7. The molecule has 35 heavy (non-hydrogen) atoms. The Bertz CT molecular complexity index is 1300. The molecule has 4 rings (SSSR count). The molecule has 0 aromatic heterocycles. The predicted molar refractivity (Wildman–Crippen MR) is 132 cm³/mol. The third kappa shape index (κ3) is 6.36. The summed E-state index contributed by atoms with van der Waals surface area (Å²) in [7, 11) is -3.92. The van der Waals surface area contributed by atoms with Gasteiger partial charge in [0, 0.05) is 24.5 Å². The first-order valence-corrected chi connectivity index (χ1v) is 12.6. The number of hydrogen-bond acceptors (Lipinski definition) is 4. The predicted octanol–water partition coefficient (Wildman–Crippen LogP) is 4.51. The number of amides is 3. The molecule has 8 nitrogen and oxygen atoms in total. The van der Waals surface area contributed by atoms with E-state index in [1.54, 1.807) is 17.0 Å². The number of anilines is 3. The summed E-state index contributed by atoms with van der Waals surface area (Å²) < 4.78 is 40.8. The molecule has 3 N–H and O–H groups in total. The number of halogens is 1. The molecular formula is C25H25FN4O4S. The highest BCUT2D eigenvalue weighted by Crippen LogP contribution is 2.22. The first kappa shape index (κ1) is 24.2. The molecule has 3 aromatic carbocycles. The molecule has 1 heterocycles. The van der Waals surface area contributed by atoms with E-state index < -0.39 is 15.8 Å². The topological polar surface area (TPSA) is 108 Å². The van der Waals surface area contributed by atoms with Crippen LogP contribution in [0.25, 0.3) is 0 Å². The fourth-order valence-electron chi connectivity index (χ4n) is 3.83. The van der Waals surface area contributed by atoms with Gasteiger partial charge in [0.25, 0.3) is 10.0 Å². The van der Waals surface area contributed by atoms with Gasteiger partial charge in [-0.05, 0) is 67.4 Å². The molecule has 3 aromatic rings. The van der Waals surface area contributed by atoms with Crippen LogP contribution >= 0.6 is 0 Å². The van der Waals surface area contributed by atoms with Gasteiger partial charge in [0.2, 0.25) is 5.91 Å². The molecule has 0 radical (unpaired) electrons. The molecule has 3 amide bonds. The van der Waals surface area contributed by atoms with Crippen LogP contribution in [-0.4, -0.2) is 38.3 Å². The second-order valence-corrected chi connectivity index (χ2v) is 9.89. The van der Waals surface area contributed by atoms with E-state index in [2.05, 4.69) is 15.4 Å². The van der Waals surface area contributed by atoms with E-state index in [4.69, 9.17) is 0 Å². The third-order valence-corrected chi connectivity index (χ3v) is 7.01. The number of para-hydroxylation sites is 1. The molecule has 1 fully saturated rings. The number of sulfonamides is 1. The minimum absolute atomic E-state index is 0.0267. The Morgan fingerprint density at radius 2 is 1.54 bits per heavy atom. The molecule has 1 aliphatic heterocycles. The van der Waals surface area contributed by atoms with Crippen LogP contribution in [0.15, 0.2) is 83.8 Å². The maximum Gasteiger partial charge on any atom is 0.321 e. The Morgan fingerprint density at radius 3 is 2.26 bits per heavy atom. The van der Waals surface area contributed by atoms with Crippen LogP contribution in [0.1, 0.15) is 12.8 Å². The maximum atomic E-state index is 13.3. The van der Waals surface area contributed by atoms with E-state index in [1.165, 1.54) is 42.5 Å². The van der Waals surface area contributed by atoms with Crippen molar-refractivity contribution < 1.29 is 22.4 Å². The van der Waals surface area contributed by atoms with E-state index in [0.717, 1.165) is 6.07 Å². The fourth-order valence-corrected chi connectivity index (χ4v) is 4.88. The molecule has 182 valence electrons. The number of nitrogens with zero attached hydrogens (tertiary/aromatic N) is 1. The van der Waals surface area contributed by atoms with Crippen molar-refractivity contribution >= 4 is 39.0 Å². The zero-order chi connectivity index (χ0) is 24.8. The van der Waals surface area contributed by atoms with E-state index in [0.29, 0.717) is 30.8 Å². The minimum atomic E-state index is -3.92. The normalized spacial score (nSPS) is 15.8. The van der Waals surface area contributed by atoms with Crippen molar-refractivity contribution in [3.63, 3.8) is 0 Å². The highest BCUT2D eigenvalue weighted by Gasteiger charge is 2.28. The highest BCUT2D eigenvalue weighted by atomic mass is 32.2. The van der Waals surface area contributed by atoms with Crippen LogP contribution in [0, 0.1) is 11.7 Å². The zero-order valence-corrected chi connectivity index (χ0v) is 19.6. The van der Waals surface area contributed by atoms with Crippen molar-refractivity contribution in [3.05, 3.63) is 84.7 Å². The van der Waals surface area contributed by atoms with Crippen molar-refractivity contribution in [3.8, 4) is 0 Å². The number of likely N-dealkylation sites (tertiary alicyclic amines) is 1. The first-order valence-electron chi connectivity index (χ1n) is 11.1.